The fourth-order valence-corrected chi connectivity index (χ4v) is 0.832. The summed E-state index contributed by atoms with van der Waals surface area (Å²) in [6.45, 7) is 4.55. The van der Waals surface area contributed by atoms with Crippen LogP contribution in [0.3, 0.4) is 0 Å². The van der Waals surface area contributed by atoms with Crippen molar-refractivity contribution in [3.63, 3.8) is 0 Å². The van der Waals surface area contributed by atoms with Crippen molar-refractivity contribution in [2.45, 2.75) is 25.7 Å². The molecule has 6 nitrogen and oxygen atoms in total. The maximum absolute atomic E-state index is 5.29. The molecule has 12 heavy (non-hydrogen) atoms. The molecule has 0 aromatic carbocycles. The smallest absolute Gasteiger partial charge is 0.175 e. The van der Waals surface area contributed by atoms with E-state index >= 15 is 0 Å². The van der Waals surface area contributed by atoms with Gasteiger partial charge in [-0.05, 0) is 19.1 Å². The topological polar surface area (TPSA) is 78.4 Å². The lowest BCUT2D eigenvalue weighted by Crippen LogP contribution is -2.42. The Morgan fingerprint density at radius 1 is 1.42 bits per heavy atom. The average molecular weight is 175 g/mol. The van der Waals surface area contributed by atoms with Crippen LogP contribution in [0.25, 0.3) is 0 Å². The van der Waals surface area contributed by atoms with Crippen LogP contribution in [0, 0.1) is 0 Å². The molecule has 0 unspecified atom stereocenters. The van der Waals surface area contributed by atoms with E-state index in [9.17, 15) is 0 Å². The predicted molar refractivity (Wildman–Crippen MR) is 39.9 cm³/mol. The predicted octanol–water partition coefficient (Wildman–Crippen LogP) is 0.395. The van der Waals surface area contributed by atoms with Crippen LogP contribution in [0.5, 0.6) is 0 Å². The monoisotopic (exact) mass is 175 g/mol. The summed E-state index contributed by atoms with van der Waals surface area (Å²) in [5, 5.41) is 6.14. The highest BCUT2D eigenvalue weighted by molar-refractivity contribution is 4.66. The quantitative estimate of drug-likeness (QED) is 0.374. The van der Waals surface area contributed by atoms with E-state index in [-0.39, 0.29) is 6.10 Å². The molecule has 2 N–H and O–H groups in total. The maximum Gasteiger partial charge on any atom is 0.175 e. The molecule has 0 spiro atoms. The molecule has 0 aliphatic carbocycles. The van der Waals surface area contributed by atoms with Crippen molar-refractivity contribution >= 4 is 0 Å². The second-order valence-corrected chi connectivity index (χ2v) is 2.95. The zero-order valence-electron chi connectivity index (χ0n) is 7.19. The van der Waals surface area contributed by atoms with E-state index < -0.39 is 5.79 Å². The van der Waals surface area contributed by atoms with Crippen molar-refractivity contribution in [3.05, 3.63) is 0 Å². The molecule has 0 aromatic heterocycles. The Labute approximate surface area is 70.6 Å². The third-order valence-electron chi connectivity index (χ3n) is 1.48. The van der Waals surface area contributed by atoms with Crippen LogP contribution in [0.1, 0.15) is 13.8 Å². The van der Waals surface area contributed by atoms with Crippen LogP contribution in [-0.4, -0.2) is 25.1 Å². The van der Waals surface area contributed by atoms with Gasteiger partial charge in [0.05, 0.1) is 13.2 Å². The molecular formula is C6H13N3O3. The van der Waals surface area contributed by atoms with Crippen LogP contribution in [0.2, 0.25) is 0 Å². The zero-order chi connectivity index (χ0) is 9.03. The Balaban J connectivity index is 2.26. The van der Waals surface area contributed by atoms with Gasteiger partial charge < -0.3 is 20.2 Å². The van der Waals surface area contributed by atoms with Crippen molar-refractivity contribution in [2.75, 3.05) is 13.2 Å². The number of hydrogen-bond acceptors (Lipinski definition) is 5. The van der Waals surface area contributed by atoms with Crippen molar-refractivity contribution < 1.29 is 14.3 Å². The molecule has 0 bridgehead atoms. The summed E-state index contributed by atoms with van der Waals surface area (Å²) in [6.07, 6.45) is -0.217. The van der Waals surface area contributed by atoms with Gasteiger partial charge in [-0.3, -0.25) is 0 Å². The molecule has 1 aliphatic rings. The first-order valence-corrected chi connectivity index (χ1v) is 3.68. The first-order valence-electron chi connectivity index (χ1n) is 3.68. The molecule has 1 saturated heterocycles. The van der Waals surface area contributed by atoms with Gasteiger partial charge in [0.15, 0.2) is 11.9 Å². The molecular weight excluding hydrogens is 162 g/mol. The molecule has 1 rings (SSSR count). The van der Waals surface area contributed by atoms with E-state index in [1.807, 2.05) is 13.8 Å². The Kier molecular flexibility index (Phi) is 2.83. The number of hydrogen-bond donors (Lipinski definition) is 1. The minimum absolute atomic E-state index is 0.217. The van der Waals surface area contributed by atoms with E-state index in [0.717, 1.165) is 0 Å². The normalized spacial score (nSPS) is 24.5. The third-order valence-corrected chi connectivity index (χ3v) is 1.48. The highest BCUT2D eigenvalue weighted by atomic mass is 16.7. The standard InChI is InChI=1S/C6H13N3O3/c1-6(2)10-3-5(4-11-6)12-9-8-7/h5H,3-4H2,1-2H3,(H2,7,9). The molecule has 0 atom stereocenters. The molecule has 0 radical (unpaired) electrons. The molecule has 1 aliphatic heterocycles. The van der Waals surface area contributed by atoms with Crippen LogP contribution in [-0.2, 0) is 14.3 Å². The van der Waals surface area contributed by atoms with E-state index in [4.69, 9.17) is 20.2 Å². The first-order chi connectivity index (χ1) is 5.64. The van der Waals surface area contributed by atoms with Crippen molar-refractivity contribution in [2.24, 2.45) is 16.3 Å². The van der Waals surface area contributed by atoms with Gasteiger partial charge in [-0.1, -0.05) is 0 Å². The summed E-state index contributed by atoms with van der Waals surface area (Å²) in [5.41, 5.74) is 0. The molecule has 70 valence electrons. The summed E-state index contributed by atoms with van der Waals surface area (Å²) in [5.74, 6) is 4.22. The Hall–Kier alpha value is -0.880. The van der Waals surface area contributed by atoms with Gasteiger partial charge in [0.2, 0.25) is 0 Å². The van der Waals surface area contributed by atoms with Crippen molar-refractivity contribution in [1.82, 2.24) is 0 Å². The number of nitrogens with zero attached hydrogens (tertiary/aromatic N) is 2. The van der Waals surface area contributed by atoms with Gasteiger partial charge in [-0.2, -0.15) is 0 Å². The Bertz CT molecular complexity index is 161. The van der Waals surface area contributed by atoms with Gasteiger partial charge in [0.1, 0.15) is 0 Å². The van der Waals surface area contributed by atoms with Crippen molar-refractivity contribution in [3.8, 4) is 0 Å². The molecule has 1 fully saturated rings. The highest BCUT2D eigenvalue weighted by Crippen LogP contribution is 2.18. The van der Waals surface area contributed by atoms with E-state index in [2.05, 4.69) is 10.5 Å². The molecule has 0 aromatic rings. The Morgan fingerprint density at radius 2 is 2.00 bits per heavy atom. The number of rotatable bonds is 2. The van der Waals surface area contributed by atoms with E-state index in [1.165, 1.54) is 0 Å². The van der Waals surface area contributed by atoms with Gasteiger partial charge in [0, 0.05) is 5.28 Å². The summed E-state index contributed by atoms with van der Waals surface area (Å²) in [7, 11) is 0. The summed E-state index contributed by atoms with van der Waals surface area (Å²) in [4.78, 5) is 4.81. The highest BCUT2D eigenvalue weighted by Gasteiger charge is 2.29. The fraction of sp³-hybridized carbons (Fsp3) is 1.00. The van der Waals surface area contributed by atoms with Crippen LogP contribution in [0.15, 0.2) is 10.5 Å². The largest absolute Gasteiger partial charge is 0.370 e. The van der Waals surface area contributed by atoms with Crippen molar-refractivity contribution in [1.29, 1.82) is 0 Å². The molecule has 1 heterocycles. The SMILES string of the molecule is CC1(C)OCC(ON=NN)CO1. The minimum Gasteiger partial charge on any atom is -0.370 e. The summed E-state index contributed by atoms with van der Waals surface area (Å²) < 4.78 is 10.6. The molecule has 6 heteroatoms. The molecule has 0 amide bonds. The third kappa shape index (κ3) is 2.63. The average Bonchev–Trinajstić information content (AvgIpc) is 2.03. The van der Waals surface area contributed by atoms with Gasteiger partial charge in [-0.15, -0.1) is 0 Å². The lowest BCUT2D eigenvalue weighted by atomic mass is 10.3. The number of nitrogens with two attached hydrogens (primary N) is 1. The first kappa shape index (κ1) is 9.21. The van der Waals surface area contributed by atoms with Gasteiger partial charge in [-0.25, -0.2) is 0 Å². The van der Waals surface area contributed by atoms with E-state index in [0.29, 0.717) is 13.2 Å². The van der Waals surface area contributed by atoms with Crippen LogP contribution < -0.4 is 5.84 Å². The second-order valence-electron chi connectivity index (χ2n) is 2.95. The Morgan fingerprint density at radius 3 is 2.50 bits per heavy atom. The number of ether oxygens (including phenoxy) is 2. The summed E-state index contributed by atoms with van der Waals surface area (Å²) in [6, 6.07) is 0. The fourth-order valence-electron chi connectivity index (χ4n) is 0.832. The molecule has 0 saturated carbocycles. The lowest BCUT2D eigenvalue weighted by Gasteiger charge is -2.33. The zero-order valence-corrected chi connectivity index (χ0v) is 7.19. The second kappa shape index (κ2) is 3.68. The summed E-state index contributed by atoms with van der Waals surface area (Å²) >= 11 is 0. The lowest BCUT2D eigenvalue weighted by molar-refractivity contribution is -0.280. The maximum atomic E-state index is 5.29. The van der Waals surface area contributed by atoms with Gasteiger partial charge >= 0.3 is 0 Å². The minimum atomic E-state index is -0.528. The van der Waals surface area contributed by atoms with Crippen LogP contribution >= 0.6 is 0 Å². The van der Waals surface area contributed by atoms with Crippen LogP contribution in [0.4, 0.5) is 0 Å². The van der Waals surface area contributed by atoms with E-state index in [1.54, 1.807) is 0 Å². The van der Waals surface area contributed by atoms with Gasteiger partial charge in [0.25, 0.3) is 0 Å².